The Morgan fingerprint density at radius 3 is 1.03 bits per heavy atom. The van der Waals surface area contributed by atoms with E-state index >= 15 is 0 Å². The Kier molecular flexibility index (Phi) is 6.02. The molecule has 16 aromatic rings. The van der Waals surface area contributed by atoms with Gasteiger partial charge in [0.15, 0.2) is 0 Å². The lowest BCUT2D eigenvalue weighted by atomic mass is 9.90. The normalized spacial score (nSPS) is 12.7. The first kappa shape index (κ1) is 33.1. The number of benzene rings is 12. The van der Waals surface area contributed by atoms with Gasteiger partial charge in [0.05, 0.1) is 33.4 Å². The van der Waals surface area contributed by atoms with Crippen LogP contribution >= 0.6 is 0 Å². The van der Waals surface area contributed by atoms with Crippen LogP contribution in [-0.2, 0) is 0 Å². The van der Waals surface area contributed by atoms with E-state index in [2.05, 4.69) is 191 Å². The molecule has 4 heterocycles. The Hall–Kier alpha value is -8.60. The monoisotopic (exact) mass is 808 g/mol. The molecule has 0 bridgehead atoms. The molecular weight excluding hydrogens is 777 g/mol. The van der Waals surface area contributed by atoms with E-state index in [1.807, 2.05) is 12.4 Å². The van der Waals surface area contributed by atoms with Crippen LogP contribution in [0, 0.1) is 0 Å². The quantitative estimate of drug-likeness (QED) is 0.163. The molecule has 0 aliphatic rings. The lowest BCUT2D eigenvalue weighted by Crippen LogP contribution is -2.00. The first-order valence-corrected chi connectivity index (χ1v) is 22.1. The van der Waals surface area contributed by atoms with E-state index < -0.39 is 0 Å². The lowest BCUT2D eigenvalue weighted by molar-refractivity contribution is 1.20. The second-order valence-electron chi connectivity index (χ2n) is 17.6. The van der Waals surface area contributed by atoms with E-state index in [-0.39, 0.29) is 0 Å². The van der Waals surface area contributed by atoms with Crippen LogP contribution in [0.15, 0.2) is 195 Å². The fraction of sp³-hybridized carbons (Fsp3) is 0. The summed E-state index contributed by atoms with van der Waals surface area (Å²) >= 11 is 0. The van der Waals surface area contributed by atoms with Gasteiger partial charge in [-0.15, -0.1) is 0 Å². The third-order valence-electron chi connectivity index (χ3n) is 14.7. The molecule has 0 fully saturated rings. The van der Waals surface area contributed by atoms with Gasteiger partial charge in [0.25, 0.3) is 0 Å². The van der Waals surface area contributed by atoms with Crippen LogP contribution < -0.4 is 0 Å². The summed E-state index contributed by atoms with van der Waals surface area (Å²) in [5, 5.41) is 27.3. The molecule has 0 spiro atoms. The number of pyridine rings is 2. The summed E-state index contributed by atoms with van der Waals surface area (Å²) in [6.45, 7) is 0. The van der Waals surface area contributed by atoms with Crippen molar-refractivity contribution in [1.82, 2.24) is 19.1 Å². The molecule has 0 unspecified atom stereocenters. The number of nitrogens with zero attached hydrogens (tertiary/aromatic N) is 4. The van der Waals surface area contributed by atoms with E-state index in [0.29, 0.717) is 0 Å². The second kappa shape index (κ2) is 11.6. The highest BCUT2D eigenvalue weighted by Crippen LogP contribution is 2.51. The maximum atomic E-state index is 4.82. The van der Waals surface area contributed by atoms with Crippen molar-refractivity contribution in [2.75, 3.05) is 0 Å². The molecule has 64 heavy (non-hydrogen) atoms. The molecular formula is C60H32N4. The molecule has 4 heteroatoms. The van der Waals surface area contributed by atoms with E-state index in [1.165, 1.54) is 119 Å². The van der Waals surface area contributed by atoms with Gasteiger partial charge in [0.2, 0.25) is 0 Å². The number of aromatic nitrogens is 4. The highest BCUT2D eigenvalue weighted by molar-refractivity contribution is 6.44. The average molecular weight is 809 g/mol. The molecule has 0 saturated carbocycles. The SMILES string of the molecule is c1cc2ccc3ccc(-n4c5ccncc5c5c6ccccc6c6c(c7ccccc7c7c8cnccc8n(-c8ccc9ccc%10cccc%11ccc8c9c%10%11)c76)c54)c4ccc(c1)c2c34. The summed E-state index contributed by atoms with van der Waals surface area (Å²) in [6.07, 6.45) is 8.06. The molecule has 292 valence electrons. The Labute approximate surface area is 364 Å². The highest BCUT2D eigenvalue weighted by Gasteiger charge is 2.27. The van der Waals surface area contributed by atoms with Crippen LogP contribution in [-0.4, -0.2) is 19.1 Å². The van der Waals surface area contributed by atoms with Crippen molar-refractivity contribution in [3.63, 3.8) is 0 Å². The maximum Gasteiger partial charge on any atom is 0.0633 e. The molecule has 0 aliphatic heterocycles. The first-order valence-electron chi connectivity index (χ1n) is 22.1. The molecule has 4 nitrogen and oxygen atoms in total. The molecule has 0 saturated heterocycles. The van der Waals surface area contributed by atoms with Gasteiger partial charge in [0, 0.05) is 67.9 Å². The molecule has 0 N–H and O–H groups in total. The maximum absolute atomic E-state index is 4.82. The summed E-state index contributed by atoms with van der Waals surface area (Å²) in [7, 11) is 0. The summed E-state index contributed by atoms with van der Waals surface area (Å²) in [4.78, 5) is 9.64. The Balaban J connectivity index is 1.19. The van der Waals surface area contributed by atoms with Gasteiger partial charge in [0.1, 0.15) is 0 Å². The minimum absolute atomic E-state index is 1.14. The predicted octanol–water partition coefficient (Wildman–Crippen LogP) is 15.9. The minimum atomic E-state index is 1.14. The fourth-order valence-corrected chi connectivity index (χ4v) is 12.2. The average Bonchev–Trinajstić information content (AvgIpc) is 3.89. The topological polar surface area (TPSA) is 35.6 Å². The Morgan fingerprint density at radius 2 is 0.609 bits per heavy atom. The van der Waals surface area contributed by atoms with Crippen LogP contribution in [0.5, 0.6) is 0 Å². The van der Waals surface area contributed by atoms with Crippen molar-refractivity contribution in [2.45, 2.75) is 0 Å². The van der Waals surface area contributed by atoms with Crippen molar-refractivity contribution in [3.8, 4) is 11.4 Å². The van der Waals surface area contributed by atoms with Gasteiger partial charge >= 0.3 is 0 Å². The van der Waals surface area contributed by atoms with Gasteiger partial charge in [-0.1, -0.05) is 146 Å². The molecule has 16 rings (SSSR count). The van der Waals surface area contributed by atoms with Crippen molar-refractivity contribution >= 4 is 141 Å². The van der Waals surface area contributed by atoms with E-state index in [4.69, 9.17) is 9.97 Å². The Bertz CT molecular complexity index is 4390. The zero-order valence-electron chi connectivity index (χ0n) is 34.3. The third-order valence-corrected chi connectivity index (χ3v) is 14.7. The van der Waals surface area contributed by atoms with Gasteiger partial charge < -0.3 is 9.13 Å². The number of hydrogen-bond donors (Lipinski definition) is 0. The molecule has 12 aromatic carbocycles. The van der Waals surface area contributed by atoms with Gasteiger partial charge in [-0.05, 0) is 99.7 Å². The number of hydrogen-bond acceptors (Lipinski definition) is 2. The Morgan fingerprint density at radius 1 is 0.250 bits per heavy atom. The lowest BCUT2D eigenvalue weighted by Gasteiger charge is -2.20. The van der Waals surface area contributed by atoms with Crippen molar-refractivity contribution in [3.05, 3.63) is 195 Å². The summed E-state index contributed by atoms with van der Waals surface area (Å²) in [6, 6.07) is 63.6. The second-order valence-corrected chi connectivity index (χ2v) is 17.6. The number of fused-ring (bicyclic) bond motifs is 15. The smallest absolute Gasteiger partial charge is 0.0633 e. The first-order chi connectivity index (χ1) is 31.8. The van der Waals surface area contributed by atoms with Gasteiger partial charge in [-0.3, -0.25) is 9.97 Å². The summed E-state index contributed by atoms with van der Waals surface area (Å²) in [5.74, 6) is 0. The summed E-state index contributed by atoms with van der Waals surface area (Å²) in [5.41, 5.74) is 6.98. The van der Waals surface area contributed by atoms with E-state index in [1.54, 1.807) is 0 Å². The largest absolute Gasteiger partial charge is 0.308 e. The minimum Gasteiger partial charge on any atom is -0.308 e. The third kappa shape index (κ3) is 3.92. The van der Waals surface area contributed by atoms with Crippen LogP contribution in [0.25, 0.3) is 152 Å². The van der Waals surface area contributed by atoms with Crippen molar-refractivity contribution in [2.24, 2.45) is 0 Å². The number of rotatable bonds is 2. The molecule has 4 aromatic heterocycles. The van der Waals surface area contributed by atoms with E-state index in [0.717, 1.165) is 33.2 Å². The van der Waals surface area contributed by atoms with Crippen LogP contribution in [0.4, 0.5) is 0 Å². The molecule has 0 aliphatic carbocycles. The summed E-state index contributed by atoms with van der Waals surface area (Å²) < 4.78 is 5.13. The molecule has 0 radical (unpaired) electrons. The molecule has 0 atom stereocenters. The van der Waals surface area contributed by atoms with Crippen LogP contribution in [0.3, 0.4) is 0 Å². The van der Waals surface area contributed by atoms with Crippen molar-refractivity contribution < 1.29 is 0 Å². The van der Waals surface area contributed by atoms with Gasteiger partial charge in [-0.2, -0.15) is 0 Å². The van der Waals surface area contributed by atoms with Gasteiger partial charge in [-0.25, -0.2) is 0 Å². The fourth-order valence-electron chi connectivity index (χ4n) is 12.2. The molecule has 0 amide bonds. The zero-order valence-corrected chi connectivity index (χ0v) is 34.3. The highest BCUT2D eigenvalue weighted by atomic mass is 15.0. The standard InChI is InChI=1S/C60H32N4/c1-3-13-41-39(11-1)55-45-31-61-29-27-49(45)63(47-25-21-37-17-15-33-7-5-9-35-19-23-43(47)53(37)51(33)35)59(55)58-42-14-4-2-12-40(42)56-46-32-62-30-28-50(46)64(60(56)57(41)58)48-26-22-38-18-16-34-8-6-10-36-20-24-44(48)54(38)52(34)36/h1-32H. The predicted molar refractivity (Wildman–Crippen MR) is 271 cm³/mol. The van der Waals surface area contributed by atoms with Crippen molar-refractivity contribution in [1.29, 1.82) is 0 Å². The van der Waals surface area contributed by atoms with Crippen LogP contribution in [0.1, 0.15) is 0 Å². The van der Waals surface area contributed by atoms with E-state index in [9.17, 15) is 0 Å². The van der Waals surface area contributed by atoms with Crippen LogP contribution in [0.2, 0.25) is 0 Å². The zero-order chi connectivity index (χ0) is 41.4.